The Balaban J connectivity index is 1.81. The highest BCUT2D eigenvalue weighted by atomic mass is 16.5. The first-order valence-electron chi connectivity index (χ1n) is 9.72. The summed E-state index contributed by atoms with van der Waals surface area (Å²) < 4.78 is 5.50. The number of rotatable bonds is 7. The van der Waals surface area contributed by atoms with Gasteiger partial charge >= 0.3 is 6.03 Å². The van der Waals surface area contributed by atoms with Gasteiger partial charge in [-0.15, -0.1) is 0 Å². The molecule has 0 aliphatic rings. The molecule has 5 heteroatoms. The van der Waals surface area contributed by atoms with E-state index in [1.165, 1.54) is 0 Å². The van der Waals surface area contributed by atoms with Crippen molar-refractivity contribution in [2.75, 3.05) is 23.4 Å². The topological polar surface area (TPSA) is 65.4 Å². The summed E-state index contributed by atoms with van der Waals surface area (Å²) in [6.45, 7) is 2.89. The summed E-state index contributed by atoms with van der Waals surface area (Å²) in [6.07, 6.45) is 3.92. The van der Waals surface area contributed by atoms with E-state index in [2.05, 4.69) is 11.4 Å². The number of nitrogens with zero attached hydrogens (tertiary/aromatic N) is 2. The van der Waals surface area contributed by atoms with Crippen LogP contribution in [0.25, 0.3) is 6.08 Å². The molecule has 3 rings (SSSR count). The first-order valence-corrected chi connectivity index (χ1v) is 9.72. The first kappa shape index (κ1) is 20.7. The van der Waals surface area contributed by atoms with E-state index in [0.29, 0.717) is 24.4 Å². The van der Waals surface area contributed by atoms with E-state index in [4.69, 9.17) is 10.00 Å². The van der Waals surface area contributed by atoms with Crippen LogP contribution in [-0.4, -0.2) is 19.2 Å². The minimum Gasteiger partial charge on any atom is -0.494 e. The molecule has 2 amide bonds. The Morgan fingerprint density at radius 2 is 1.83 bits per heavy atom. The number of benzene rings is 3. The Morgan fingerprint density at radius 3 is 2.53 bits per heavy atom. The van der Waals surface area contributed by atoms with Gasteiger partial charge in [0.2, 0.25) is 0 Å². The number of ether oxygens (including phenoxy) is 1. The van der Waals surface area contributed by atoms with Crippen LogP contribution in [-0.2, 0) is 0 Å². The molecule has 0 atom stereocenters. The van der Waals surface area contributed by atoms with Gasteiger partial charge in [-0.3, -0.25) is 4.90 Å². The summed E-state index contributed by atoms with van der Waals surface area (Å²) in [6, 6.07) is 26.0. The zero-order valence-electron chi connectivity index (χ0n) is 16.8. The van der Waals surface area contributed by atoms with Gasteiger partial charge in [-0.25, -0.2) is 4.79 Å². The van der Waals surface area contributed by atoms with Crippen LogP contribution in [0, 0.1) is 11.3 Å². The average Bonchev–Trinajstić information content (AvgIpc) is 2.78. The van der Waals surface area contributed by atoms with Crippen molar-refractivity contribution in [1.29, 1.82) is 5.26 Å². The quantitative estimate of drug-likeness (QED) is 0.555. The van der Waals surface area contributed by atoms with Gasteiger partial charge in [0.15, 0.2) is 0 Å². The number of anilines is 2. The summed E-state index contributed by atoms with van der Waals surface area (Å²) >= 11 is 0. The first-order chi connectivity index (χ1) is 14.7. The molecular weight excluding hydrogens is 374 g/mol. The maximum Gasteiger partial charge on any atom is 0.326 e. The smallest absolute Gasteiger partial charge is 0.326 e. The Morgan fingerprint density at radius 1 is 1.07 bits per heavy atom. The van der Waals surface area contributed by atoms with Crippen LogP contribution in [0.1, 0.15) is 18.1 Å². The molecule has 0 saturated heterocycles. The number of hydrogen-bond acceptors (Lipinski definition) is 3. The number of amides is 2. The number of nitriles is 1. The van der Waals surface area contributed by atoms with E-state index in [-0.39, 0.29) is 6.03 Å². The number of carbonyl (C=O) groups excluding carboxylic acids is 1. The third-order valence-corrected chi connectivity index (χ3v) is 4.35. The summed E-state index contributed by atoms with van der Waals surface area (Å²) in [5.41, 5.74) is 2.86. The Hall–Kier alpha value is -4.04. The minimum atomic E-state index is -0.285. The third kappa shape index (κ3) is 5.73. The highest BCUT2D eigenvalue weighted by Crippen LogP contribution is 2.21. The standard InChI is InChI=1S/C25H23N3O2/c1-2-30-24-15-13-23(14-16-24)28(17-7-11-20-8-4-3-5-9-20)25(29)27-22-12-6-10-21(18-22)19-26/h3-16,18H,2,17H2,1H3,(H,27,29)/b11-7+. The normalized spacial score (nSPS) is 10.4. The number of carbonyl (C=O) groups is 1. The SMILES string of the molecule is CCOc1ccc(N(C/C=C/c2ccccc2)C(=O)Nc2cccc(C#N)c2)cc1. The van der Waals surface area contributed by atoms with Gasteiger partial charge in [0.05, 0.1) is 18.2 Å². The molecule has 5 nitrogen and oxygen atoms in total. The molecule has 0 radical (unpaired) electrons. The molecule has 150 valence electrons. The van der Waals surface area contributed by atoms with E-state index in [9.17, 15) is 4.79 Å². The molecule has 0 aromatic heterocycles. The second kappa shape index (κ2) is 10.5. The largest absolute Gasteiger partial charge is 0.494 e. The number of hydrogen-bond donors (Lipinski definition) is 1. The summed E-state index contributed by atoms with van der Waals surface area (Å²) in [5, 5.41) is 12.0. The van der Waals surface area contributed by atoms with E-state index in [0.717, 1.165) is 17.0 Å². The molecule has 0 spiro atoms. The van der Waals surface area contributed by atoms with Crippen molar-refractivity contribution < 1.29 is 9.53 Å². The van der Waals surface area contributed by atoms with Gasteiger partial charge < -0.3 is 10.1 Å². The van der Waals surface area contributed by atoms with Gasteiger partial charge in [-0.2, -0.15) is 5.26 Å². The summed E-state index contributed by atoms with van der Waals surface area (Å²) in [4.78, 5) is 14.7. The molecule has 3 aromatic carbocycles. The van der Waals surface area contributed by atoms with Gasteiger partial charge in [-0.1, -0.05) is 48.6 Å². The lowest BCUT2D eigenvalue weighted by molar-refractivity contribution is 0.257. The minimum absolute atomic E-state index is 0.285. The molecule has 0 unspecified atom stereocenters. The van der Waals surface area contributed by atoms with E-state index >= 15 is 0 Å². The van der Waals surface area contributed by atoms with Crippen molar-refractivity contribution in [3.05, 3.63) is 96.1 Å². The molecule has 0 fully saturated rings. The van der Waals surface area contributed by atoms with Gasteiger partial charge in [0.25, 0.3) is 0 Å². The molecule has 0 saturated carbocycles. The lowest BCUT2D eigenvalue weighted by atomic mass is 10.2. The number of urea groups is 1. The van der Waals surface area contributed by atoms with Gasteiger partial charge in [-0.05, 0) is 55.0 Å². The predicted octanol–water partition coefficient (Wildman–Crippen LogP) is 5.71. The molecule has 0 heterocycles. The summed E-state index contributed by atoms with van der Waals surface area (Å²) in [7, 11) is 0. The van der Waals surface area contributed by atoms with Crippen molar-refractivity contribution >= 4 is 23.5 Å². The Bertz CT molecular complexity index is 1040. The fourth-order valence-electron chi connectivity index (χ4n) is 2.91. The van der Waals surface area contributed by atoms with E-state index in [1.54, 1.807) is 29.2 Å². The van der Waals surface area contributed by atoms with Crippen molar-refractivity contribution in [2.24, 2.45) is 0 Å². The summed E-state index contributed by atoms with van der Waals surface area (Å²) in [5.74, 6) is 0.753. The zero-order valence-corrected chi connectivity index (χ0v) is 16.8. The molecule has 30 heavy (non-hydrogen) atoms. The van der Waals surface area contributed by atoms with Crippen LogP contribution in [0.2, 0.25) is 0 Å². The maximum atomic E-state index is 13.0. The van der Waals surface area contributed by atoms with Crippen molar-refractivity contribution in [1.82, 2.24) is 0 Å². The highest BCUT2D eigenvalue weighted by Gasteiger charge is 2.15. The maximum absolute atomic E-state index is 13.0. The monoisotopic (exact) mass is 397 g/mol. The third-order valence-electron chi connectivity index (χ3n) is 4.35. The fraction of sp³-hybridized carbons (Fsp3) is 0.120. The second-order valence-corrected chi connectivity index (χ2v) is 6.47. The molecular formula is C25H23N3O2. The predicted molar refractivity (Wildman–Crippen MR) is 121 cm³/mol. The van der Waals surface area contributed by atoms with Crippen LogP contribution in [0.5, 0.6) is 5.75 Å². The zero-order chi connectivity index (χ0) is 21.2. The van der Waals surface area contributed by atoms with Crippen molar-refractivity contribution in [3.8, 4) is 11.8 Å². The second-order valence-electron chi connectivity index (χ2n) is 6.47. The van der Waals surface area contributed by atoms with E-state index < -0.39 is 0 Å². The molecule has 1 N–H and O–H groups in total. The van der Waals surface area contributed by atoms with Crippen molar-refractivity contribution in [2.45, 2.75) is 6.92 Å². The van der Waals surface area contributed by atoms with Crippen molar-refractivity contribution in [3.63, 3.8) is 0 Å². The van der Waals surface area contributed by atoms with Crippen LogP contribution < -0.4 is 15.0 Å². The van der Waals surface area contributed by atoms with Crippen LogP contribution in [0.3, 0.4) is 0 Å². The average molecular weight is 397 g/mol. The van der Waals surface area contributed by atoms with Crippen LogP contribution in [0.4, 0.5) is 16.2 Å². The molecule has 0 aliphatic carbocycles. The molecule has 0 aliphatic heterocycles. The lowest BCUT2D eigenvalue weighted by Crippen LogP contribution is -2.35. The highest BCUT2D eigenvalue weighted by molar-refractivity contribution is 6.02. The van der Waals surface area contributed by atoms with Crippen LogP contribution >= 0.6 is 0 Å². The molecule has 3 aromatic rings. The van der Waals surface area contributed by atoms with E-state index in [1.807, 2.05) is 73.7 Å². The van der Waals surface area contributed by atoms with Crippen LogP contribution in [0.15, 0.2) is 84.9 Å². The molecule has 0 bridgehead atoms. The fourth-order valence-corrected chi connectivity index (χ4v) is 2.91. The Kier molecular flexibility index (Phi) is 7.23. The lowest BCUT2D eigenvalue weighted by Gasteiger charge is -2.22. The Labute approximate surface area is 176 Å². The number of nitrogens with one attached hydrogen (secondary N) is 1. The van der Waals surface area contributed by atoms with Gasteiger partial charge in [0, 0.05) is 17.9 Å². The van der Waals surface area contributed by atoms with Gasteiger partial charge in [0.1, 0.15) is 5.75 Å².